The Labute approximate surface area is 149 Å². The molecule has 0 fully saturated rings. The van der Waals surface area contributed by atoms with Crippen LogP contribution in [0.1, 0.15) is 60.3 Å². The van der Waals surface area contributed by atoms with Crippen molar-refractivity contribution in [2.75, 3.05) is 26.2 Å². The summed E-state index contributed by atoms with van der Waals surface area (Å²) in [5, 5.41) is 3.28. The lowest BCUT2D eigenvalue weighted by atomic mass is 10.0. The molecule has 0 saturated heterocycles. The fraction of sp³-hybridized carbons (Fsp3) is 0.938. The minimum Gasteiger partial charge on any atom is -0.370 e. The SMILES string of the molecule is CCN(CC)CCCN=C(N)NC(C)CCCC(C)C.I. The van der Waals surface area contributed by atoms with Crippen LogP contribution in [-0.2, 0) is 0 Å². The molecule has 0 aliphatic carbocycles. The van der Waals surface area contributed by atoms with Gasteiger partial charge < -0.3 is 16.0 Å². The first-order valence-electron chi connectivity index (χ1n) is 8.28. The Morgan fingerprint density at radius 2 is 1.71 bits per heavy atom. The average Bonchev–Trinajstić information content (AvgIpc) is 2.38. The Hall–Kier alpha value is -0.0400. The molecule has 0 amide bonds. The Morgan fingerprint density at radius 3 is 2.24 bits per heavy atom. The third-order valence-electron chi connectivity index (χ3n) is 3.62. The van der Waals surface area contributed by atoms with Gasteiger partial charge in [-0.2, -0.15) is 0 Å². The van der Waals surface area contributed by atoms with Gasteiger partial charge in [0.05, 0.1) is 0 Å². The molecular weight excluding hydrogens is 375 g/mol. The van der Waals surface area contributed by atoms with Crippen molar-refractivity contribution in [2.45, 2.75) is 66.3 Å². The Balaban J connectivity index is 0. The molecule has 0 radical (unpaired) electrons. The smallest absolute Gasteiger partial charge is 0.188 e. The Kier molecular flexibility index (Phi) is 16.5. The highest BCUT2D eigenvalue weighted by molar-refractivity contribution is 14.0. The molecule has 0 bridgehead atoms. The van der Waals surface area contributed by atoms with Crippen molar-refractivity contribution in [3.63, 3.8) is 0 Å². The van der Waals surface area contributed by atoms with Gasteiger partial charge in [-0.3, -0.25) is 4.99 Å². The van der Waals surface area contributed by atoms with Gasteiger partial charge >= 0.3 is 0 Å². The van der Waals surface area contributed by atoms with Crippen LogP contribution in [0, 0.1) is 5.92 Å². The highest BCUT2D eigenvalue weighted by atomic mass is 127. The van der Waals surface area contributed by atoms with E-state index in [0.717, 1.165) is 44.9 Å². The van der Waals surface area contributed by atoms with Gasteiger partial charge in [0.15, 0.2) is 5.96 Å². The number of nitrogens with zero attached hydrogens (tertiary/aromatic N) is 2. The van der Waals surface area contributed by atoms with Crippen LogP contribution in [0.2, 0.25) is 0 Å². The molecule has 0 aromatic carbocycles. The minimum atomic E-state index is 0. The third-order valence-corrected chi connectivity index (χ3v) is 3.62. The first-order chi connectivity index (χ1) is 9.49. The lowest BCUT2D eigenvalue weighted by Crippen LogP contribution is -2.38. The van der Waals surface area contributed by atoms with Crippen LogP contribution in [0.25, 0.3) is 0 Å². The van der Waals surface area contributed by atoms with E-state index in [-0.39, 0.29) is 24.0 Å². The second kappa shape index (κ2) is 14.9. The number of nitrogens with one attached hydrogen (secondary N) is 1. The topological polar surface area (TPSA) is 53.6 Å². The van der Waals surface area contributed by atoms with E-state index in [0.29, 0.717) is 12.0 Å². The van der Waals surface area contributed by atoms with Gasteiger partial charge in [-0.15, -0.1) is 24.0 Å². The van der Waals surface area contributed by atoms with Crippen molar-refractivity contribution in [3.05, 3.63) is 0 Å². The second-order valence-electron chi connectivity index (χ2n) is 6.02. The van der Waals surface area contributed by atoms with Gasteiger partial charge in [0, 0.05) is 12.6 Å². The molecule has 0 aromatic heterocycles. The quantitative estimate of drug-likeness (QED) is 0.237. The number of hydrogen-bond acceptors (Lipinski definition) is 2. The number of nitrogens with two attached hydrogens (primary N) is 1. The highest BCUT2D eigenvalue weighted by Crippen LogP contribution is 2.07. The number of aliphatic imine (C=N–C) groups is 1. The van der Waals surface area contributed by atoms with Gasteiger partial charge in [0.1, 0.15) is 0 Å². The summed E-state index contributed by atoms with van der Waals surface area (Å²) < 4.78 is 0. The van der Waals surface area contributed by atoms with Gasteiger partial charge in [-0.1, -0.05) is 40.5 Å². The molecule has 5 heteroatoms. The van der Waals surface area contributed by atoms with Crippen LogP contribution in [0.5, 0.6) is 0 Å². The predicted molar refractivity (Wildman–Crippen MR) is 106 cm³/mol. The van der Waals surface area contributed by atoms with Gasteiger partial charge in [0.25, 0.3) is 0 Å². The molecule has 0 aromatic rings. The molecule has 21 heavy (non-hydrogen) atoms. The van der Waals surface area contributed by atoms with Crippen LogP contribution >= 0.6 is 24.0 Å². The molecule has 0 aliphatic heterocycles. The molecule has 0 spiro atoms. The van der Waals surface area contributed by atoms with E-state index in [9.17, 15) is 0 Å². The molecular formula is C16H37IN4. The van der Waals surface area contributed by atoms with Crippen molar-refractivity contribution in [2.24, 2.45) is 16.6 Å². The van der Waals surface area contributed by atoms with Crippen LogP contribution in [0.3, 0.4) is 0 Å². The molecule has 0 rings (SSSR count). The van der Waals surface area contributed by atoms with Crippen LogP contribution < -0.4 is 11.1 Å². The maximum Gasteiger partial charge on any atom is 0.188 e. The lowest BCUT2D eigenvalue weighted by Gasteiger charge is -2.17. The van der Waals surface area contributed by atoms with Crippen molar-refractivity contribution in [1.29, 1.82) is 0 Å². The summed E-state index contributed by atoms with van der Waals surface area (Å²) in [5.74, 6) is 1.38. The van der Waals surface area contributed by atoms with E-state index >= 15 is 0 Å². The van der Waals surface area contributed by atoms with Crippen LogP contribution in [-0.4, -0.2) is 43.1 Å². The van der Waals surface area contributed by atoms with E-state index < -0.39 is 0 Å². The number of rotatable bonds is 11. The Bertz CT molecular complexity index is 253. The second-order valence-corrected chi connectivity index (χ2v) is 6.02. The molecule has 1 unspecified atom stereocenters. The fourth-order valence-electron chi connectivity index (χ4n) is 2.24. The van der Waals surface area contributed by atoms with E-state index in [4.69, 9.17) is 5.73 Å². The summed E-state index contributed by atoms with van der Waals surface area (Å²) in [4.78, 5) is 6.81. The maximum atomic E-state index is 5.91. The first-order valence-corrected chi connectivity index (χ1v) is 8.28. The van der Waals surface area contributed by atoms with Crippen molar-refractivity contribution in [1.82, 2.24) is 10.2 Å². The van der Waals surface area contributed by atoms with Crippen molar-refractivity contribution < 1.29 is 0 Å². The van der Waals surface area contributed by atoms with Gasteiger partial charge in [-0.25, -0.2) is 0 Å². The average molecular weight is 412 g/mol. The third kappa shape index (κ3) is 14.7. The molecule has 0 heterocycles. The summed E-state index contributed by atoms with van der Waals surface area (Å²) >= 11 is 0. The van der Waals surface area contributed by atoms with Gasteiger partial charge in [-0.05, 0) is 45.3 Å². The normalized spacial score (nSPS) is 13.4. The first kappa shape index (κ1) is 23.2. The number of guanidine groups is 1. The lowest BCUT2D eigenvalue weighted by molar-refractivity contribution is 0.302. The summed E-state index contributed by atoms with van der Waals surface area (Å²) in [6.07, 6.45) is 4.77. The van der Waals surface area contributed by atoms with Gasteiger partial charge in [0.2, 0.25) is 0 Å². The predicted octanol–water partition coefficient (Wildman–Crippen LogP) is 3.46. The zero-order chi connectivity index (χ0) is 15.4. The monoisotopic (exact) mass is 412 g/mol. The molecule has 0 saturated carbocycles. The minimum absolute atomic E-state index is 0. The largest absolute Gasteiger partial charge is 0.370 e. The molecule has 4 nitrogen and oxygen atoms in total. The van der Waals surface area contributed by atoms with E-state index in [2.05, 4.69) is 49.8 Å². The van der Waals surface area contributed by atoms with E-state index in [1.807, 2.05) is 0 Å². The molecule has 128 valence electrons. The molecule has 3 N–H and O–H groups in total. The number of halogens is 1. The van der Waals surface area contributed by atoms with E-state index in [1.165, 1.54) is 12.8 Å². The van der Waals surface area contributed by atoms with Crippen LogP contribution in [0.15, 0.2) is 4.99 Å². The molecule has 1 atom stereocenters. The maximum absolute atomic E-state index is 5.91. The van der Waals surface area contributed by atoms with Crippen molar-refractivity contribution >= 4 is 29.9 Å². The summed E-state index contributed by atoms with van der Waals surface area (Å²) in [6, 6.07) is 0.417. The zero-order valence-electron chi connectivity index (χ0n) is 14.7. The number of hydrogen-bond donors (Lipinski definition) is 2. The standard InChI is InChI=1S/C16H36N4.HI/c1-6-20(7-2)13-9-12-18-16(17)19-15(5)11-8-10-14(3)4;/h14-15H,6-13H2,1-5H3,(H3,17,18,19);1H. The van der Waals surface area contributed by atoms with Crippen molar-refractivity contribution in [3.8, 4) is 0 Å². The summed E-state index contributed by atoms with van der Waals surface area (Å²) in [6.45, 7) is 15.2. The summed E-state index contributed by atoms with van der Waals surface area (Å²) in [5.41, 5.74) is 5.91. The van der Waals surface area contributed by atoms with E-state index in [1.54, 1.807) is 0 Å². The fourth-order valence-corrected chi connectivity index (χ4v) is 2.24. The summed E-state index contributed by atoms with van der Waals surface area (Å²) in [7, 11) is 0. The highest BCUT2D eigenvalue weighted by Gasteiger charge is 2.04. The Morgan fingerprint density at radius 1 is 1.10 bits per heavy atom. The van der Waals surface area contributed by atoms with Crippen LogP contribution in [0.4, 0.5) is 0 Å². The zero-order valence-corrected chi connectivity index (χ0v) is 17.0. The molecule has 0 aliphatic rings.